The van der Waals surface area contributed by atoms with E-state index in [4.69, 9.17) is 0 Å². The van der Waals surface area contributed by atoms with Gasteiger partial charge in [0.05, 0.1) is 0 Å². The van der Waals surface area contributed by atoms with Gasteiger partial charge < -0.3 is 10.2 Å². The van der Waals surface area contributed by atoms with Gasteiger partial charge in [0.25, 0.3) is 0 Å². The number of hydrogen-bond acceptors (Lipinski definition) is 2. The Balaban J connectivity index is 1.31. The van der Waals surface area contributed by atoms with Crippen molar-refractivity contribution in [3.63, 3.8) is 0 Å². The molecular formula is C18H30N2O2. The summed E-state index contributed by atoms with van der Waals surface area (Å²) < 4.78 is 0. The number of nitrogens with zero attached hydrogens (tertiary/aromatic N) is 1. The zero-order chi connectivity index (χ0) is 15.4. The molecule has 2 amide bonds. The lowest BCUT2D eigenvalue weighted by Gasteiger charge is -2.32. The third-order valence-electron chi connectivity index (χ3n) is 5.60. The Labute approximate surface area is 134 Å². The molecule has 0 aromatic carbocycles. The SMILES string of the molecule is O=C(CCC1CCCCC1)NC1CCN(C(=O)C2CC2)CC1. The Kier molecular flexibility index (Phi) is 5.37. The van der Waals surface area contributed by atoms with Crippen molar-refractivity contribution >= 4 is 11.8 Å². The molecule has 3 fully saturated rings. The first-order valence-electron chi connectivity index (χ1n) is 9.30. The second-order valence-corrected chi connectivity index (χ2v) is 7.48. The third-order valence-corrected chi connectivity index (χ3v) is 5.60. The van der Waals surface area contributed by atoms with Crippen molar-refractivity contribution in [2.45, 2.75) is 76.7 Å². The lowest BCUT2D eigenvalue weighted by atomic mass is 9.86. The second kappa shape index (κ2) is 7.47. The highest BCUT2D eigenvalue weighted by Gasteiger charge is 2.35. The summed E-state index contributed by atoms with van der Waals surface area (Å²) in [6.07, 6.45) is 12.5. The largest absolute Gasteiger partial charge is 0.353 e. The van der Waals surface area contributed by atoms with Gasteiger partial charge in [-0.05, 0) is 38.0 Å². The molecule has 0 atom stereocenters. The minimum atomic E-state index is 0.220. The fourth-order valence-corrected chi connectivity index (χ4v) is 3.94. The van der Waals surface area contributed by atoms with Crippen LogP contribution >= 0.6 is 0 Å². The number of carbonyl (C=O) groups is 2. The molecule has 22 heavy (non-hydrogen) atoms. The Morgan fingerprint density at radius 3 is 2.23 bits per heavy atom. The summed E-state index contributed by atoms with van der Waals surface area (Å²) in [5.41, 5.74) is 0. The van der Waals surface area contributed by atoms with Crippen molar-refractivity contribution in [3.8, 4) is 0 Å². The predicted molar refractivity (Wildman–Crippen MR) is 86.3 cm³/mol. The lowest BCUT2D eigenvalue weighted by molar-refractivity contribution is -0.133. The Hall–Kier alpha value is -1.06. The molecule has 0 bridgehead atoms. The number of nitrogens with one attached hydrogen (secondary N) is 1. The van der Waals surface area contributed by atoms with E-state index in [9.17, 15) is 9.59 Å². The molecule has 1 heterocycles. The summed E-state index contributed by atoms with van der Waals surface area (Å²) in [7, 11) is 0. The molecule has 3 aliphatic rings. The zero-order valence-corrected chi connectivity index (χ0v) is 13.7. The van der Waals surface area contributed by atoms with E-state index in [2.05, 4.69) is 5.32 Å². The maximum absolute atomic E-state index is 12.1. The van der Waals surface area contributed by atoms with Crippen LogP contribution in [0.3, 0.4) is 0 Å². The van der Waals surface area contributed by atoms with Crippen LogP contribution in [-0.4, -0.2) is 35.8 Å². The van der Waals surface area contributed by atoms with Crippen LogP contribution < -0.4 is 5.32 Å². The summed E-state index contributed by atoms with van der Waals surface area (Å²) in [4.78, 5) is 26.1. The molecule has 1 aliphatic heterocycles. The van der Waals surface area contributed by atoms with E-state index < -0.39 is 0 Å². The minimum absolute atomic E-state index is 0.220. The molecule has 2 aliphatic carbocycles. The highest BCUT2D eigenvalue weighted by atomic mass is 16.2. The van der Waals surface area contributed by atoms with E-state index in [0.717, 1.165) is 51.1 Å². The van der Waals surface area contributed by atoms with Gasteiger partial charge in [0.1, 0.15) is 0 Å². The summed E-state index contributed by atoms with van der Waals surface area (Å²) in [6.45, 7) is 1.64. The van der Waals surface area contributed by atoms with Gasteiger partial charge in [-0.3, -0.25) is 9.59 Å². The van der Waals surface area contributed by atoms with Gasteiger partial charge in [-0.2, -0.15) is 0 Å². The van der Waals surface area contributed by atoms with Crippen molar-refractivity contribution in [1.82, 2.24) is 10.2 Å². The normalized spacial score (nSPS) is 24.3. The summed E-state index contributed by atoms with van der Waals surface area (Å²) in [6, 6.07) is 0.280. The number of hydrogen-bond donors (Lipinski definition) is 1. The fourth-order valence-electron chi connectivity index (χ4n) is 3.94. The van der Waals surface area contributed by atoms with Gasteiger partial charge in [-0.25, -0.2) is 0 Å². The highest BCUT2D eigenvalue weighted by Crippen LogP contribution is 2.32. The quantitative estimate of drug-likeness (QED) is 0.849. The first kappa shape index (κ1) is 15.8. The highest BCUT2D eigenvalue weighted by molar-refractivity contribution is 5.81. The van der Waals surface area contributed by atoms with Gasteiger partial charge in [0.15, 0.2) is 0 Å². The number of piperidine rings is 1. The van der Waals surface area contributed by atoms with Crippen LogP contribution in [0, 0.1) is 11.8 Å². The average molecular weight is 306 g/mol. The maximum atomic E-state index is 12.1. The number of amides is 2. The third kappa shape index (κ3) is 4.47. The molecule has 0 aromatic heterocycles. The molecule has 4 nitrogen and oxygen atoms in total. The first-order chi connectivity index (χ1) is 10.7. The van der Waals surface area contributed by atoms with E-state index in [1.165, 1.54) is 32.1 Å². The van der Waals surface area contributed by atoms with Crippen molar-refractivity contribution in [3.05, 3.63) is 0 Å². The van der Waals surface area contributed by atoms with Crippen molar-refractivity contribution in [2.24, 2.45) is 11.8 Å². The molecule has 3 rings (SSSR count). The van der Waals surface area contributed by atoms with Gasteiger partial charge in [0, 0.05) is 31.5 Å². The topological polar surface area (TPSA) is 49.4 Å². The predicted octanol–water partition coefficient (Wildman–Crippen LogP) is 2.86. The molecule has 0 spiro atoms. The van der Waals surface area contributed by atoms with Gasteiger partial charge >= 0.3 is 0 Å². The van der Waals surface area contributed by atoms with E-state index >= 15 is 0 Å². The average Bonchev–Trinajstić information content (AvgIpc) is 3.39. The van der Waals surface area contributed by atoms with Crippen LogP contribution in [0.1, 0.15) is 70.6 Å². The Morgan fingerprint density at radius 1 is 0.909 bits per heavy atom. The molecule has 0 unspecified atom stereocenters. The van der Waals surface area contributed by atoms with E-state index in [1.807, 2.05) is 4.90 Å². The minimum Gasteiger partial charge on any atom is -0.353 e. The summed E-state index contributed by atoms with van der Waals surface area (Å²) in [5, 5.41) is 3.19. The molecule has 1 saturated heterocycles. The van der Waals surface area contributed by atoms with Gasteiger partial charge in [0.2, 0.25) is 11.8 Å². The molecule has 0 aromatic rings. The van der Waals surface area contributed by atoms with Crippen LogP contribution in [0.15, 0.2) is 0 Å². The summed E-state index contributed by atoms with van der Waals surface area (Å²) >= 11 is 0. The molecule has 0 radical (unpaired) electrons. The fraction of sp³-hybridized carbons (Fsp3) is 0.889. The summed E-state index contributed by atoms with van der Waals surface area (Å²) in [5.74, 6) is 1.67. The van der Waals surface area contributed by atoms with Gasteiger partial charge in [-0.1, -0.05) is 32.1 Å². The number of carbonyl (C=O) groups excluding carboxylic acids is 2. The standard InChI is InChI=1S/C18H30N2O2/c21-17(9-6-14-4-2-1-3-5-14)19-16-10-12-20(13-11-16)18(22)15-7-8-15/h14-16H,1-13H2,(H,19,21). The molecule has 1 N–H and O–H groups in total. The van der Waals surface area contributed by atoms with Crippen LogP contribution in [0.2, 0.25) is 0 Å². The van der Waals surface area contributed by atoms with Crippen LogP contribution in [-0.2, 0) is 9.59 Å². The van der Waals surface area contributed by atoms with Crippen molar-refractivity contribution < 1.29 is 9.59 Å². The van der Waals surface area contributed by atoms with Crippen LogP contribution in [0.25, 0.3) is 0 Å². The smallest absolute Gasteiger partial charge is 0.225 e. The van der Waals surface area contributed by atoms with Gasteiger partial charge in [-0.15, -0.1) is 0 Å². The monoisotopic (exact) mass is 306 g/mol. The van der Waals surface area contributed by atoms with Crippen LogP contribution in [0.5, 0.6) is 0 Å². The molecule has 4 heteroatoms. The number of rotatable bonds is 5. The maximum Gasteiger partial charge on any atom is 0.225 e. The van der Waals surface area contributed by atoms with Crippen molar-refractivity contribution in [2.75, 3.05) is 13.1 Å². The molecule has 124 valence electrons. The first-order valence-corrected chi connectivity index (χ1v) is 9.30. The van der Waals surface area contributed by atoms with E-state index in [1.54, 1.807) is 0 Å². The number of likely N-dealkylation sites (tertiary alicyclic amines) is 1. The Morgan fingerprint density at radius 2 is 1.59 bits per heavy atom. The van der Waals surface area contributed by atoms with E-state index in [0.29, 0.717) is 18.2 Å². The molecule has 2 saturated carbocycles. The zero-order valence-electron chi connectivity index (χ0n) is 13.7. The second-order valence-electron chi connectivity index (χ2n) is 7.48. The van der Waals surface area contributed by atoms with Crippen LogP contribution in [0.4, 0.5) is 0 Å². The Bertz CT molecular complexity index is 392. The van der Waals surface area contributed by atoms with Crippen molar-refractivity contribution in [1.29, 1.82) is 0 Å². The lowest BCUT2D eigenvalue weighted by Crippen LogP contribution is -2.47. The molecular weight excluding hydrogens is 276 g/mol. The van der Waals surface area contributed by atoms with E-state index in [-0.39, 0.29) is 11.9 Å².